The van der Waals surface area contributed by atoms with Crippen LogP contribution in [0, 0.1) is 0 Å². The number of nitrogens with one attached hydrogen (secondary N) is 2. The number of H-pyrrole nitrogens is 1. The molecule has 2 aliphatic heterocycles. The van der Waals surface area contributed by atoms with E-state index in [-0.39, 0.29) is 11.1 Å². The Hall–Kier alpha value is -2.91. The average Bonchev–Trinajstić information content (AvgIpc) is 3.33. The second-order valence-corrected chi connectivity index (χ2v) is 8.25. The lowest BCUT2D eigenvalue weighted by Crippen LogP contribution is -2.48. The van der Waals surface area contributed by atoms with Gasteiger partial charge in [0.05, 0.1) is 11.9 Å². The third kappa shape index (κ3) is 2.84. The lowest BCUT2D eigenvalue weighted by molar-refractivity contribution is 0.479. The number of aromatic amines is 1. The maximum Gasteiger partial charge on any atom is 0.244 e. The Morgan fingerprint density at radius 1 is 1.15 bits per heavy atom. The van der Waals surface area contributed by atoms with E-state index in [4.69, 9.17) is 4.74 Å². The van der Waals surface area contributed by atoms with Crippen LogP contribution in [-0.2, 0) is 10.0 Å². The van der Waals surface area contributed by atoms with Crippen LogP contribution in [0.3, 0.4) is 0 Å². The summed E-state index contributed by atoms with van der Waals surface area (Å²) in [7, 11) is -3.55. The van der Waals surface area contributed by atoms with Gasteiger partial charge in [-0.25, -0.2) is 8.42 Å². The summed E-state index contributed by atoms with van der Waals surface area (Å²) in [4.78, 5) is 5.30. The van der Waals surface area contributed by atoms with Gasteiger partial charge >= 0.3 is 0 Å². The number of hydrogen-bond acceptors (Lipinski definition) is 6. The summed E-state index contributed by atoms with van der Waals surface area (Å²) in [6.45, 7) is 0.847. The van der Waals surface area contributed by atoms with Gasteiger partial charge in [-0.2, -0.15) is 4.72 Å². The Kier molecular flexibility index (Phi) is 3.66. The smallest absolute Gasteiger partial charge is 0.244 e. The van der Waals surface area contributed by atoms with Crippen molar-refractivity contribution in [3.05, 3.63) is 48.8 Å². The van der Waals surface area contributed by atoms with E-state index < -0.39 is 10.0 Å². The van der Waals surface area contributed by atoms with Gasteiger partial charge < -0.3 is 14.6 Å². The Labute approximate surface area is 156 Å². The van der Waals surface area contributed by atoms with Crippen LogP contribution in [0.1, 0.15) is 12.8 Å². The SMILES string of the molecule is O=S1(=O)NC2CCCN2c2ccc(Oc3cccc(-c4nnc[nH]4)c3)cc21. The molecule has 1 aromatic heterocycles. The molecule has 1 atom stereocenters. The molecule has 2 aromatic carbocycles. The van der Waals surface area contributed by atoms with Gasteiger partial charge in [-0.05, 0) is 37.1 Å². The van der Waals surface area contributed by atoms with Gasteiger partial charge in [0.15, 0.2) is 5.82 Å². The molecule has 138 valence electrons. The van der Waals surface area contributed by atoms with Crippen LogP contribution in [0.5, 0.6) is 11.5 Å². The van der Waals surface area contributed by atoms with E-state index in [1.165, 1.54) is 6.33 Å². The molecule has 27 heavy (non-hydrogen) atoms. The van der Waals surface area contributed by atoms with Gasteiger partial charge in [0, 0.05) is 18.2 Å². The van der Waals surface area contributed by atoms with Gasteiger partial charge in [-0.3, -0.25) is 0 Å². The lowest BCUT2D eigenvalue weighted by Gasteiger charge is -2.33. The number of aromatic nitrogens is 3. The first-order valence-electron chi connectivity index (χ1n) is 8.67. The number of benzene rings is 2. The zero-order chi connectivity index (χ0) is 18.4. The molecule has 8 nitrogen and oxygen atoms in total. The van der Waals surface area contributed by atoms with Crippen LogP contribution in [-0.4, -0.2) is 36.3 Å². The van der Waals surface area contributed by atoms with Crippen molar-refractivity contribution in [2.24, 2.45) is 0 Å². The van der Waals surface area contributed by atoms with Crippen molar-refractivity contribution >= 4 is 15.7 Å². The first-order valence-corrected chi connectivity index (χ1v) is 10.2. The third-order valence-electron chi connectivity index (χ3n) is 4.83. The maximum absolute atomic E-state index is 12.6. The minimum absolute atomic E-state index is 0.146. The van der Waals surface area contributed by atoms with Crippen LogP contribution < -0.4 is 14.4 Å². The zero-order valence-electron chi connectivity index (χ0n) is 14.3. The Morgan fingerprint density at radius 3 is 2.89 bits per heavy atom. The quantitative estimate of drug-likeness (QED) is 0.721. The number of sulfonamides is 1. The Balaban J connectivity index is 1.48. The Morgan fingerprint density at radius 2 is 2.04 bits per heavy atom. The second kappa shape index (κ2) is 6.07. The van der Waals surface area contributed by atoms with Gasteiger partial charge in [-0.1, -0.05) is 12.1 Å². The number of nitrogens with zero attached hydrogens (tertiary/aromatic N) is 3. The summed E-state index contributed by atoms with van der Waals surface area (Å²) in [6.07, 6.45) is 3.16. The molecule has 1 saturated heterocycles. The molecule has 1 fully saturated rings. The molecule has 0 spiro atoms. The number of rotatable bonds is 3. The highest BCUT2D eigenvalue weighted by Gasteiger charge is 2.37. The molecule has 5 rings (SSSR count). The molecular formula is C18H17N5O3S. The van der Waals surface area contributed by atoms with Crippen LogP contribution in [0.25, 0.3) is 11.4 Å². The summed E-state index contributed by atoms with van der Waals surface area (Å²) < 4.78 is 33.9. The molecule has 0 radical (unpaired) electrons. The molecule has 9 heteroatoms. The van der Waals surface area contributed by atoms with E-state index >= 15 is 0 Å². The standard InChI is InChI=1S/C18H17N5O3S/c24-27(25)16-10-14(6-7-15(16)23-8-2-5-17(23)22-27)26-13-4-1-3-12(9-13)18-19-11-20-21-18/h1,3-4,6-7,9-11,17,22H,2,5,8H2,(H,19,20,21). The monoisotopic (exact) mass is 383 g/mol. The van der Waals surface area contributed by atoms with Crippen molar-refractivity contribution in [3.63, 3.8) is 0 Å². The number of ether oxygens (including phenoxy) is 1. The van der Waals surface area contributed by atoms with E-state index in [9.17, 15) is 8.42 Å². The highest BCUT2D eigenvalue weighted by atomic mass is 32.2. The molecule has 0 bridgehead atoms. The Bertz CT molecular complexity index is 1100. The molecule has 3 heterocycles. The van der Waals surface area contributed by atoms with Gasteiger partial charge in [-0.15, -0.1) is 10.2 Å². The number of fused-ring (bicyclic) bond motifs is 3. The van der Waals surface area contributed by atoms with E-state index in [2.05, 4.69) is 24.8 Å². The number of anilines is 1. The zero-order valence-corrected chi connectivity index (χ0v) is 15.1. The molecule has 3 aromatic rings. The van der Waals surface area contributed by atoms with Gasteiger partial charge in [0.25, 0.3) is 0 Å². The highest BCUT2D eigenvalue weighted by Crippen LogP contribution is 2.38. The number of hydrogen-bond donors (Lipinski definition) is 2. The third-order valence-corrected chi connectivity index (χ3v) is 6.32. The largest absolute Gasteiger partial charge is 0.457 e. The summed E-state index contributed by atoms with van der Waals surface area (Å²) in [5.41, 5.74) is 1.57. The predicted octanol–water partition coefficient (Wildman–Crippen LogP) is 2.48. The first-order chi connectivity index (χ1) is 13.1. The minimum atomic E-state index is -3.55. The summed E-state index contributed by atoms with van der Waals surface area (Å²) in [5.74, 6) is 1.69. The summed E-state index contributed by atoms with van der Waals surface area (Å²) >= 11 is 0. The van der Waals surface area contributed by atoms with Gasteiger partial charge in [0.2, 0.25) is 10.0 Å². The summed E-state index contributed by atoms with van der Waals surface area (Å²) in [5, 5.41) is 7.77. The van der Waals surface area contributed by atoms with E-state index in [1.54, 1.807) is 12.1 Å². The van der Waals surface area contributed by atoms with E-state index in [0.29, 0.717) is 17.3 Å². The normalized spacial score (nSPS) is 20.1. The van der Waals surface area contributed by atoms with Crippen molar-refractivity contribution < 1.29 is 13.2 Å². The van der Waals surface area contributed by atoms with Crippen molar-refractivity contribution in [3.8, 4) is 22.9 Å². The molecular weight excluding hydrogens is 366 g/mol. The fourth-order valence-corrected chi connectivity index (χ4v) is 5.08. The fraction of sp³-hybridized carbons (Fsp3) is 0.222. The van der Waals surface area contributed by atoms with Crippen molar-refractivity contribution in [2.75, 3.05) is 11.4 Å². The maximum atomic E-state index is 12.6. The van der Waals surface area contributed by atoms with E-state index in [1.807, 2.05) is 30.3 Å². The van der Waals surface area contributed by atoms with Gasteiger partial charge in [0.1, 0.15) is 22.7 Å². The first kappa shape index (κ1) is 16.3. The minimum Gasteiger partial charge on any atom is -0.457 e. The molecule has 2 aliphatic rings. The molecule has 0 aliphatic carbocycles. The average molecular weight is 383 g/mol. The van der Waals surface area contributed by atoms with Crippen LogP contribution in [0.4, 0.5) is 5.69 Å². The summed E-state index contributed by atoms with van der Waals surface area (Å²) in [6, 6.07) is 12.6. The lowest BCUT2D eigenvalue weighted by atomic mass is 10.2. The molecule has 0 saturated carbocycles. The van der Waals surface area contributed by atoms with E-state index in [0.717, 1.165) is 30.6 Å². The van der Waals surface area contributed by atoms with Crippen LogP contribution in [0.15, 0.2) is 53.7 Å². The second-order valence-electron chi connectivity index (χ2n) is 6.57. The van der Waals surface area contributed by atoms with Crippen molar-refractivity contribution in [1.29, 1.82) is 0 Å². The highest BCUT2D eigenvalue weighted by molar-refractivity contribution is 7.89. The molecule has 2 N–H and O–H groups in total. The molecule has 1 unspecified atom stereocenters. The predicted molar refractivity (Wildman–Crippen MR) is 99.0 cm³/mol. The van der Waals surface area contributed by atoms with Crippen molar-refractivity contribution in [2.45, 2.75) is 23.9 Å². The fourth-order valence-electron chi connectivity index (χ4n) is 3.62. The van der Waals surface area contributed by atoms with Crippen molar-refractivity contribution in [1.82, 2.24) is 19.9 Å². The van der Waals surface area contributed by atoms with Crippen LogP contribution >= 0.6 is 0 Å². The molecule has 0 amide bonds. The topological polar surface area (TPSA) is 100 Å². The van der Waals surface area contributed by atoms with Crippen LogP contribution in [0.2, 0.25) is 0 Å².